The Labute approximate surface area is 116 Å². The first-order chi connectivity index (χ1) is 9.54. The Morgan fingerprint density at radius 3 is 2.80 bits per heavy atom. The summed E-state index contributed by atoms with van der Waals surface area (Å²) < 4.78 is 10.2. The van der Waals surface area contributed by atoms with Crippen LogP contribution in [0.15, 0.2) is 18.2 Å². The Bertz CT molecular complexity index is 486. The van der Waals surface area contributed by atoms with E-state index in [1.54, 1.807) is 12.1 Å². The van der Waals surface area contributed by atoms with Gasteiger partial charge in [0.2, 0.25) is 0 Å². The summed E-state index contributed by atoms with van der Waals surface area (Å²) in [4.78, 5) is 10.3. The number of methoxy groups -OCH3 is 1. The number of nitro groups is 1. The van der Waals surface area contributed by atoms with E-state index in [0.717, 1.165) is 0 Å². The van der Waals surface area contributed by atoms with E-state index in [4.69, 9.17) is 9.47 Å². The highest BCUT2D eigenvalue weighted by molar-refractivity contribution is 5.58. The molecule has 0 bridgehead atoms. The van der Waals surface area contributed by atoms with E-state index in [0.29, 0.717) is 38.3 Å². The van der Waals surface area contributed by atoms with Crippen molar-refractivity contribution in [1.29, 1.82) is 0 Å². The second-order valence-corrected chi connectivity index (χ2v) is 4.83. The normalized spacial score (nSPS) is 17.5. The predicted octanol–water partition coefficient (Wildman–Crippen LogP) is 1.56. The molecular weight excluding hydrogens is 264 g/mol. The zero-order valence-corrected chi connectivity index (χ0v) is 11.3. The lowest BCUT2D eigenvalue weighted by molar-refractivity contribution is -0.385. The maximum atomic E-state index is 10.8. The molecular formula is C13H18N2O5. The van der Waals surface area contributed by atoms with Gasteiger partial charge in [0.05, 0.1) is 17.6 Å². The molecule has 7 nitrogen and oxygen atoms in total. The largest absolute Gasteiger partial charge is 0.490 e. The molecule has 0 spiro atoms. The molecule has 1 aromatic carbocycles. The molecule has 0 amide bonds. The van der Waals surface area contributed by atoms with E-state index < -0.39 is 10.5 Å². The second-order valence-electron chi connectivity index (χ2n) is 4.83. The standard InChI is InChI=1S/C13H18N2O5/c1-19-12-8-10(2-3-11(12)15(17)18)14-9-13(16)4-6-20-7-5-13/h2-3,8,14,16H,4-7,9H2,1H3. The van der Waals surface area contributed by atoms with Crippen LogP contribution in [0.2, 0.25) is 0 Å². The lowest BCUT2D eigenvalue weighted by Gasteiger charge is -2.32. The number of aliphatic hydroxyl groups is 1. The first kappa shape index (κ1) is 14.5. The molecule has 0 atom stereocenters. The van der Waals surface area contributed by atoms with Gasteiger partial charge in [-0.2, -0.15) is 0 Å². The average molecular weight is 282 g/mol. The van der Waals surface area contributed by atoms with E-state index in [1.165, 1.54) is 13.2 Å². The third-order valence-electron chi connectivity index (χ3n) is 3.42. The molecule has 0 aromatic heterocycles. The summed E-state index contributed by atoms with van der Waals surface area (Å²) in [6, 6.07) is 4.54. The number of hydrogen-bond donors (Lipinski definition) is 2. The van der Waals surface area contributed by atoms with Crippen LogP contribution in [0.1, 0.15) is 12.8 Å². The number of ether oxygens (including phenoxy) is 2. The maximum absolute atomic E-state index is 10.8. The molecule has 2 rings (SSSR count). The smallest absolute Gasteiger partial charge is 0.311 e. The van der Waals surface area contributed by atoms with Crippen LogP contribution in [-0.4, -0.2) is 42.5 Å². The van der Waals surface area contributed by atoms with E-state index in [9.17, 15) is 15.2 Å². The molecule has 2 N–H and O–H groups in total. The number of anilines is 1. The fourth-order valence-corrected chi connectivity index (χ4v) is 2.13. The Kier molecular flexibility index (Phi) is 4.41. The lowest BCUT2D eigenvalue weighted by atomic mass is 9.94. The molecule has 1 fully saturated rings. The van der Waals surface area contributed by atoms with Crippen molar-refractivity contribution in [1.82, 2.24) is 0 Å². The van der Waals surface area contributed by atoms with Crippen molar-refractivity contribution in [3.63, 3.8) is 0 Å². The van der Waals surface area contributed by atoms with Crippen LogP contribution < -0.4 is 10.1 Å². The van der Waals surface area contributed by atoms with Crippen LogP contribution in [0.5, 0.6) is 5.75 Å². The molecule has 0 radical (unpaired) electrons. The quantitative estimate of drug-likeness (QED) is 0.628. The van der Waals surface area contributed by atoms with Gasteiger partial charge in [-0.25, -0.2) is 0 Å². The van der Waals surface area contributed by atoms with Crippen molar-refractivity contribution < 1.29 is 19.5 Å². The molecule has 1 heterocycles. The minimum absolute atomic E-state index is 0.0807. The Hall–Kier alpha value is -1.86. The molecule has 0 saturated carbocycles. The minimum atomic E-state index is -0.798. The fourth-order valence-electron chi connectivity index (χ4n) is 2.13. The maximum Gasteiger partial charge on any atom is 0.311 e. The Balaban J connectivity index is 2.04. The van der Waals surface area contributed by atoms with Gasteiger partial charge in [-0.05, 0) is 6.07 Å². The summed E-state index contributed by atoms with van der Waals surface area (Å²) in [6.07, 6.45) is 1.15. The summed E-state index contributed by atoms with van der Waals surface area (Å²) in [7, 11) is 1.39. The molecule has 1 aliphatic rings. The second kappa shape index (κ2) is 6.06. The van der Waals surface area contributed by atoms with Gasteiger partial charge < -0.3 is 19.9 Å². The summed E-state index contributed by atoms with van der Waals surface area (Å²) in [5.41, 5.74) is -0.206. The monoisotopic (exact) mass is 282 g/mol. The van der Waals surface area contributed by atoms with Gasteiger partial charge in [-0.3, -0.25) is 10.1 Å². The van der Waals surface area contributed by atoms with Crippen LogP contribution in [0.4, 0.5) is 11.4 Å². The minimum Gasteiger partial charge on any atom is -0.490 e. The summed E-state index contributed by atoms with van der Waals surface area (Å²) in [6.45, 7) is 1.46. The number of rotatable bonds is 5. The Morgan fingerprint density at radius 2 is 2.20 bits per heavy atom. The summed E-state index contributed by atoms with van der Waals surface area (Å²) >= 11 is 0. The zero-order chi connectivity index (χ0) is 14.6. The SMILES string of the molecule is COc1cc(NCC2(O)CCOCC2)ccc1[N+](=O)[O-]. The molecule has 7 heteroatoms. The van der Waals surface area contributed by atoms with Gasteiger partial charge in [0, 0.05) is 50.4 Å². The highest BCUT2D eigenvalue weighted by Gasteiger charge is 2.29. The van der Waals surface area contributed by atoms with E-state index in [-0.39, 0.29) is 11.4 Å². The van der Waals surface area contributed by atoms with Crippen molar-refractivity contribution in [2.24, 2.45) is 0 Å². The number of nitrogens with one attached hydrogen (secondary N) is 1. The number of benzene rings is 1. The van der Waals surface area contributed by atoms with Crippen molar-refractivity contribution in [3.8, 4) is 5.75 Å². The number of nitro benzene ring substituents is 1. The molecule has 1 aliphatic heterocycles. The Morgan fingerprint density at radius 1 is 1.50 bits per heavy atom. The van der Waals surface area contributed by atoms with Gasteiger partial charge in [-0.15, -0.1) is 0 Å². The first-order valence-electron chi connectivity index (χ1n) is 6.40. The summed E-state index contributed by atoms with van der Waals surface area (Å²) in [5.74, 6) is 0.193. The van der Waals surface area contributed by atoms with Crippen LogP contribution >= 0.6 is 0 Å². The fraction of sp³-hybridized carbons (Fsp3) is 0.538. The highest BCUT2D eigenvalue weighted by atomic mass is 16.6. The van der Waals surface area contributed by atoms with Crippen molar-refractivity contribution in [3.05, 3.63) is 28.3 Å². The van der Waals surface area contributed by atoms with Gasteiger partial charge in [0.25, 0.3) is 0 Å². The molecule has 1 aromatic rings. The average Bonchev–Trinajstić information content (AvgIpc) is 2.45. The zero-order valence-electron chi connectivity index (χ0n) is 11.3. The van der Waals surface area contributed by atoms with Crippen molar-refractivity contribution >= 4 is 11.4 Å². The van der Waals surface area contributed by atoms with Gasteiger partial charge >= 0.3 is 5.69 Å². The molecule has 0 unspecified atom stereocenters. The van der Waals surface area contributed by atoms with E-state index in [2.05, 4.69) is 5.32 Å². The van der Waals surface area contributed by atoms with Crippen LogP contribution in [0.25, 0.3) is 0 Å². The highest BCUT2D eigenvalue weighted by Crippen LogP contribution is 2.30. The summed E-state index contributed by atoms with van der Waals surface area (Å²) in [5, 5.41) is 24.2. The van der Waals surface area contributed by atoms with Gasteiger partial charge in [0.1, 0.15) is 0 Å². The molecule has 1 saturated heterocycles. The van der Waals surface area contributed by atoms with Crippen LogP contribution in [-0.2, 0) is 4.74 Å². The third kappa shape index (κ3) is 3.37. The molecule has 0 aliphatic carbocycles. The van der Waals surface area contributed by atoms with Gasteiger partial charge in [0.15, 0.2) is 5.75 Å². The number of nitrogens with zero attached hydrogens (tertiary/aromatic N) is 1. The number of hydrogen-bond acceptors (Lipinski definition) is 6. The topological polar surface area (TPSA) is 93.9 Å². The van der Waals surface area contributed by atoms with Crippen LogP contribution in [0.3, 0.4) is 0 Å². The van der Waals surface area contributed by atoms with Gasteiger partial charge in [-0.1, -0.05) is 0 Å². The van der Waals surface area contributed by atoms with Crippen molar-refractivity contribution in [2.45, 2.75) is 18.4 Å². The molecule has 20 heavy (non-hydrogen) atoms. The van der Waals surface area contributed by atoms with E-state index >= 15 is 0 Å². The first-order valence-corrected chi connectivity index (χ1v) is 6.40. The lowest BCUT2D eigenvalue weighted by Crippen LogP contribution is -2.42. The van der Waals surface area contributed by atoms with Crippen molar-refractivity contribution in [2.75, 3.05) is 32.2 Å². The van der Waals surface area contributed by atoms with Crippen LogP contribution in [0, 0.1) is 10.1 Å². The molecule has 110 valence electrons. The predicted molar refractivity (Wildman–Crippen MR) is 73.1 cm³/mol. The van der Waals surface area contributed by atoms with E-state index in [1.807, 2.05) is 0 Å². The third-order valence-corrected chi connectivity index (χ3v) is 3.42.